The van der Waals surface area contributed by atoms with Crippen LogP contribution in [-0.2, 0) is 9.53 Å². The predicted molar refractivity (Wildman–Crippen MR) is 109 cm³/mol. The standard InChI is InChI=1S/C20H19N3O4S/c1-13-7-6-10-15(11-13)27-12-16(24)21-18-17(14-8-4-3-5-9-14)22-19(28-18)23-20(25)26-2/h3-11H,12H2,1-2H3,(H,21,24)(H,22,23,25). The summed E-state index contributed by atoms with van der Waals surface area (Å²) in [6.45, 7) is 1.81. The highest BCUT2D eigenvalue weighted by atomic mass is 32.1. The first-order valence-corrected chi connectivity index (χ1v) is 9.27. The molecule has 7 nitrogen and oxygen atoms in total. The second-order valence-corrected chi connectivity index (χ2v) is 6.83. The van der Waals surface area contributed by atoms with E-state index in [0.29, 0.717) is 21.6 Å². The zero-order chi connectivity index (χ0) is 19.9. The molecule has 3 aromatic rings. The first kappa shape index (κ1) is 19.4. The van der Waals surface area contributed by atoms with Crippen LogP contribution in [0.1, 0.15) is 5.56 Å². The second kappa shape index (κ2) is 9.01. The van der Waals surface area contributed by atoms with E-state index in [-0.39, 0.29) is 12.5 Å². The molecule has 28 heavy (non-hydrogen) atoms. The van der Waals surface area contributed by atoms with Crippen LogP contribution in [0.3, 0.4) is 0 Å². The van der Waals surface area contributed by atoms with Crippen LogP contribution in [0, 0.1) is 6.92 Å². The van der Waals surface area contributed by atoms with Gasteiger partial charge in [-0.15, -0.1) is 0 Å². The number of amides is 2. The molecule has 0 unspecified atom stereocenters. The largest absolute Gasteiger partial charge is 0.484 e. The first-order chi connectivity index (χ1) is 13.5. The summed E-state index contributed by atoms with van der Waals surface area (Å²) in [5.74, 6) is 0.294. The van der Waals surface area contributed by atoms with Gasteiger partial charge in [0.15, 0.2) is 11.7 Å². The zero-order valence-corrected chi connectivity index (χ0v) is 16.2. The van der Waals surface area contributed by atoms with Crippen LogP contribution in [-0.4, -0.2) is 30.7 Å². The number of rotatable bonds is 6. The third-order valence-electron chi connectivity index (χ3n) is 3.68. The van der Waals surface area contributed by atoms with Crippen LogP contribution in [0.5, 0.6) is 5.75 Å². The molecule has 0 bridgehead atoms. The lowest BCUT2D eigenvalue weighted by molar-refractivity contribution is -0.118. The minimum atomic E-state index is -0.631. The summed E-state index contributed by atoms with van der Waals surface area (Å²) in [5.41, 5.74) is 2.41. The van der Waals surface area contributed by atoms with Crippen LogP contribution < -0.4 is 15.4 Å². The Morgan fingerprint density at radius 2 is 1.86 bits per heavy atom. The average molecular weight is 397 g/mol. The van der Waals surface area contributed by atoms with Crippen molar-refractivity contribution in [3.8, 4) is 17.0 Å². The van der Waals surface area contributed by atoms with E-state index in [1.54, 1.807) is 6.07 Å². The highest BCUT2D eigenvalue weighted by Crippen LogP contribution is 2.35. The number of ether oxygens (including phenoxy) is 2. The van der Waals surface area contributed by atoms with E-state index in [9.17, 15) is 9.59 Å². The lowest BCUT2D eigenvalue weighted by Gasteiger charge is -2.08. The molecular formula is C20H19N3O4S. The summed E-state index contributed by atoms with van der Waals surface area (Å²) in [6, 6.07) is 16.8. The lowest BCUT2D eigenvalue weighted by atomic mass is 10.2. The van der Waals surface area contributed by atoms with Gasteiger partial charge in [-0.1, -0.05) is 53.8 Å². The third-order valence-corrected chi connectivity index (χ3v) is 4.57. The highest BCUT2D eigenvalue weighted by Gasteiger charge is 2.17. The van der Waals surface area contributed by atoms with Gasteiger partial charge in [-0.25, -0.2) is 9.78 Å². The lowest BCUT2D eigenvalue weighted by Crippen LogP contribution is -2.20. The fourth-order valence-electron chi connectivity index (χ4n) is 2.41. The maximum Gasteiger partial charge on any atom is 0.413 e. The van der Waals surface area contributed by atoms with Crippen molar-refractivity contribution in [3.05, 3.63) is 60.2 Å². The van der Waals surface area contributed by atoms with Crippen LogP contribution in [0.25, 0.3) is 11.3 Å². The van der Waals surface area contributed by atoms with Gasteiger partial charge in [-0.3, -0.25) is 10.1 Å². The molecule has 1 heterocycles. The van der Waals surface area contributed by atoms with Crippen LogP contribution in [0.15, 0.2) is 54.6 Å². The molecule has 3 rings (SSSR count). The number of benzene rings is 2. The molecule has 0 aliphatic heterocycles. The topological polar surface area (TPSA) is 89.5 Å². The van der Waals surface area contributed by atoms with Crippen LogP contribution >= 0.6 is 11.3 Å². The maximum absolute atomic E-state index is 12.4. The summed E-state index contributed by atoms with van der Waals surface area (Å²) in [7, 11) is 1.27. The van der Waals surface area contributed by atoms with Crippen molar-refractivity contribution in [2.45, 2.75) is 6.92 Å². The number of aryl methyl sites for hydroxylation is 1. The van der Waals surface area contributed by atoms with E-state index in [1.807, 2.05) is 55.5 Å². The molecule has 0 fully saturated rings. The van der Waals surface area contributed by atoms with Crippen molar-refractivity contribution in [2.75, 3.05) is 24.4 Å². The summed E-state index contributed by atoms with van der Waals surface area (Å²) < 4.78 is 10.1. The number of hydrogen-bond acceptors (Lipinski definition) is 6. The van der Waals surface area contributed by atoms with E-state index in [2.05, 4.69) is 20.4 Å². The molecule has 2 N–H and O–H groups in total. The fourth-order valence-corrected chi connectivity index (χ4v) is 3.29. The molecular weight excluding hydrogens is 378 g/mol. The number of nitrogens with one attached hydrogen (secondary N) is 2. The maximum atomic E-state index is 12.4. The fraction of sp³-hybridized carbons (Fsp3) is 0.150. The normalized spacial score (nSPS) is 10.2. The number of carbonyl (C=O) groups excluding carboxylic acids is 2. The van der Waals surface area contributed by atoms with Crippen molar-refractivity contribution in [1.82, 2.24) is 4.98 Å². The number of methoxy groups -OCH3 is 1. The number of anilines is 2. The van der Waals surface area contributed by atoms with Crippen molar-refractivity contribution < 1.29 is 19.1 Å². The number of hydrogen-bond donors (Lipinski definition) is 2. The number of carbonyl (C=O) groups is 2. The van der Waals surface area contributed by atoms with E-state index >= 15 is 0 Å². The minimum Gasteiger partial charge on any atom is -0.484 e. The Kier molecular flexibility index (Phi) is 6.23. The van der Waals surface area contributed by atoms with Gasteiger partial charge >= 0.3 is 6.09 Å². The van der Waals surface area contributed by atoms with Crippen molar-refractivity contribution in [3.63, 3.8) is 0 Å². The Balaban J connectivity index is 1.75. The second-order valence-electron chi connectivity index (χ2n) is 5.83. The molecule has 0 aliphatic rings. The van der Waals surface area contributed by atoms with Gasteiger partial charge in [0.2, 0.25) is 0 Å². The molecule has 0 aliphatic carbocycles. The van der Waals surface area contributed by atoms with Crippen LogP contribution in [0.4, 0.5) is 14.9 Å². The van der Waals surface area contributed by atoms with E-state index in [4.69, 9.17) is 4.74 Å². The highest BCUT2D eigenvalue weighted by molar-refractivity contribution is 7.20. The predicted octanol–water partition coefficient (Wildman–Crippen LogP) is 4.31. The van der Waals surface area contributed by atoms with Gasteiger partial charge in [0, 0.05) is 5.56 Å². The Morgan fingerprint density at radius 3 is 2.57 bits per heavy atom. The Hall–Kier alpha value is -3.39. The molecule has 8 heteroatoms. The molecule has 0 spiro atoms. The summed E-state index contributed by atoms with van der Waals surface area (Å²) in [5, 5.41) is 6.16. The Labute approximate surface area is 166 Å². The molecule has 1 aromatic heterocycles. The number of nitrogens with zero attached hydrogens (tertiary/aromatic N) is 1. The first-order valence-electron chi connectivity index (χ1n) is 8.45. The minimum absolute atomic E-state index is 0.144. The Bertz CT molecular complexity index is 973. The number of thiazole rings is 1. The van der Waals surface area contributed by atoms with Crippen molar-refractivity contribution in [2.24, 2.45) is 0 Å². The monoisotopic (exact) mass is 397 g/mol. The molecule has 0 saturated heterocycles. The molecule has 0 saturated carbocycles. The summed E-state index contributed by atoms with van der Waals surface area (Å²) in [4.78, 5) is 28.2. The third kappa shape index (κ3) is 5.08. The Morgan fingerprint density at radius 1 is 1.07 bits per heavy atom. The average Bonchev–Trinajstić information content (AvgIpc) is 3.09. The molecule has 0 atom stereocenters. The van der Waals surface area contributed by atoms with Gasteiger partial charge in [0.25, 0.3) is 5.91 Å². The molecule has 2 amide bonds. The van der Waals surface area contributed by atoms with Crippen LogP contribution in [0.2, 0.25) is 0 Å². The van der Waals surface area contributed by atoms with E-state index in [0.717, 1.165) is 22.5 Å². The SMILES string of the molecule is COC(=O)Nc1nc(-c2ccccc2)c(NC(=O)COc2cccc(C)c2)s1. The van der Waals surface area contributed by atoms with Crippen molar-refractivity contribution in [1.29, 1.82) is 0 Å². The molecule has 144 valence electrons. The van der Waals surface area contributed by atoms with E-state index in [1.165, 1.54) is 7.11 Å². The summed E-state index contributed by atoms with van der Waals surface area (Å²) >= 11 is 1.14. The van der Waals surface area contributed by atoms with Crippen molar-refractivity contribution >= 4 is 33.5 Å². The van der Waals surface area contributed by atoms with E-state index < -0.39 is 6.09 Å². The van der Waals surface area contributed by atoms with Gasteiger partial charge in [0.1, 0.15) is 16.4 Å². The summed E-state index contributed by atoms with van der Waals surface area (Å²) in [6.07, 6.45) is -0.631. The van der Waals surface area contributed by atoms with Gasteiger partial charge in [-0.2, -0.15) is 0 Å². The van der Waals surface area contributed by atoms with Gasteiger partial charge < -0.3 is 14.8 Å². The number of aromatic nitrogens is 1. The van der Waals surface area contributed by atoms with Gasteiger partial charge in [-0.05, 0) is 24.6 Å². The quantitative estimate of drug-likeness (QED) is 0.647. The molecule has 2 aromatic carbocycles. The zero-order valence-electron chi connectivity index (χ0n) is 15.4. The molecule has 0 radical (unpaired) electrons. The van der Waals surface area contributed by atoms with Gasteiger partial charge in [0.05, 0.1) is 7.11 Å². The smallest absolute Gasteiger partial charge is 0.413 e.